The van der Waals surface area contributed by atoms with Crippen LogP contribution in [-0.4, -0.2) is 17.6 Å². The average Bonchev–Trinajstić information content (AvgIpc) is 3.10. The monoisotopic (exact) mass is 382 g/mol. The van der Waals surface area contributed by atoms with Gasteiger partial charge in [0.1, 0.15) is 5.76 Å². The molecule has 0 aliphatic heterocycles. The second-order valence-corrected chi connectivity index (χ2v) is 6.96. The molecule has 2 aromatic rings. The summed E-state index contributed by atoms with van der Waals surface area (Å²) in [4.78, 5) is 12.3. The molecule has 1 aromatic heterocycles. The third kappa shape index (κ3) is 6.30. The minimum absolute atomic E-state index is 0.186. The lowest BCUT2D eigenvalue weighted by molar-refractivity contribution is 0.0697. The lowest BCUT2D eigenvalue weighted by atomic mass is 10.1. The lowest BCUT2D eigenvalue weighted by Crippen LogP contribution is -2.08. The molecule has 3 N–H and O–H groups in total. The summed E-state index contributed by atoms with van der Waals surface area (Å²) in [7, 11) is 0. The Morgan fingerprint density at radius 1 is 1.32 bits per heavy atom. The summed E-state index contributed by atoms with van der Waals surface area (Å²) < 4.78 is 8.49. The van der Waals surface area contributed by atoms with Gasteiger partial charge in [-0.2, -0.15) is 0 Å². The molecule has 7 heteroatoms. The van der Waals surface area contributed by atoms with Gasteiger partial charge >= 0.3 is 5.97 Å². The van der Waals surface area contributed by atoms with Crippen molar-refractivity contribution >= 4 is 35.2 Å². The molecule has 0 aliphatic carbocycles. The van der Waals surface area contributed by atoms with Crippen LogP contribution in [-0.2, 0) is 6.54 Å². The van der Waals surface area contributed by atoms with Crippen LogP contribution in [0, 0.1) is 0 Å². The predicted molar refractivity (Wildman–Crippen MR) is 102 cm³/mol. The van der Waals surface area contributed by atoms with Crippen LogP contribution in [0.5, 0.6) is 0 Å². The third-order valence-electron chi connectivity index (χ3n) is 3.65. The standard InChI is InChI=1S/C18H23ClN2O3S/c1-2-3-4-5-8-21-25-17-10-14(18(22)23)16(11-15(17)19)20-12-13-7-6-9-24-13/h6-7,9-11,20-21H,2-5,8,12H2,1H3,(H,22,23). The number of rotatable bonds is 11. The van der Waals surface area contributed by atoms with Crippen LogP contribution in [0.1, 0.15) is 48.7 Å². The fraction of sp³-hybridized carbons (Fsp3) is 0.389. The number of carboxylic acids is 1. The number of benzene rings is 1. The van der Waals surface area contributed by atoms with Crippen molar-refractivity contribution in [1.29, 1.82) is 0 Å². The molecule has 0 aliphatic rings. The molecule has 25 heavy (non-hydrogen) atoms. The number of anilines is 1. The molecule has 0 unspecified atom stereocenters. The number of furan rings is 1. The van der Waals surface area contributed by atoms with Gasteiger partial charge in [0, 0.05) is 11.4 Å². The number of hydrogen-bond donors (Lipinski definition) is 3. The Balaban J connectivity index is 1.99. The highest BCUT2D eigenvalue weighted by atomic mass is 35.5. The van der Waals surface area contributed by atoms with Crippen LogP contribution in [0.3, 0.4) is 0 Å². The fourth-order valence-corrected chi connectivity index (χ4v) is 3.32. The average molecular weight is 383 g/mol. The van der Waals surface area contributed by atoms with Gasteiger partial charge in [0.05, 0.1) is 29.1 Å². The number of halogens is 1. The van der Waals surface area contributed by atoms with Crippen molar-refractivity contribution < 1.29 is 14.3 Å². The van der Waals surface area contributed by atoms with E-state index in [1.807, 2.05) is 6.07 Å². The second-order valence-electron chi connectivity index (χ2n) is 5.62. The highest BCUT2D eigenvalue weighted by Crippen LogP contribution is 2.31. The highest BCUT2D eigenvalue weighted by Gasteiger charge is 2.15. The number of carboxylic acid groups (broad SMARTS) is 1. The maximum absolute atomic E-state index is 11.6. The first kappa shape index (κ1) is 19.7. The van der Waals surface area contributed by atoms with Crippen LogP contribution in [0.15, 0.2) is 39.8 Å². The zero-order valence-corrected chi connectivity index (χ0v) is 15.8. The molecule has 0 bridgehead atoms. The van der Waals surface area contributed by atoms with Crippen LogP contribution in [0.4, 0.5) is 5.69 Å². The Labute approximate surface area is 157 Å². The van der Waals surface area contributed by atoms with Crippen molar-refractivity contribution in [1.82, 2.24) is 4.72 Å². The summed E-state index contributed by atoms with van der Waals surface area (Å²) in [6.07, 6.45) is 6.29. The zero-order chi connectivity index (χ0) is 18.1. The van der Waals surface area contributed by atoms with Crippen molar-refractivity contribution in [2.24, 2.45) is 0 Å². The van der Waals surface area contributed by atoms with Crippen molar-refractivity contribution in [2.45, 2.75) is 44.0 Å². The molecule has 1 aromatic carbocycles. The van der Waals surface area contributed by atoms with E-state index in [2.05, 4.69) is 17.0 Å². The van der Waals surface area contributed by atoms with Gasteiger partial charge in [0.15, 0.2) is 0 Å². The topological polar surface area (TPSA) is 74.5 Å². The molecule has 0 amide bonds. The van der Waals surface area contributed by atoms with E-state index in [0.717, 1.165) is 18.7 Å². The summed E-state index contributed by atoms with van der Waals surface area (Å²) in [5.41, 5.74) is 0.660. The van der Waals surface area contributed by atoms with Crippen LogP contribution >= 0.6 is 23.5 Å². The predicted octanol–water partition coefficient (Wildman–Crippen LogP) is 5.42. The molecule has 1 heterocycles. The van der Waals surface area contributed by atoms with Crippen molar-refractivity contribution in [3.63, 3.8) is 0 Å². The first-order valence-corrected chi connectivity index (χ1v) is 9.54. The fourth-order valence-electron chi connectivity index (χ4n) is 2.30. The van der Waals surface area contributed by atoms with Crippen molar-refractivity contribution in [3.8, 4) is 0 Å². The Morgan fingerprint density at radius 2 is 2.16 bits per heavy atom. The number of aromatic carboxylic acids is 1. The molecule has 0 saturated heterocycles. The van der Waals surface area contributed by atoms with Crippen molar-refractivity contribution in [2.75, 3.05) is 11.9 Å². The third-order valence-corrected chi connectivity index (χ3v) is 4.98. The minimum Gasteiger partial charge on any atom is -0.478 e. The first-order valence-electron chi connectivity index (χ1n) is 8.34. The number of hydrogen-bond acceptors (Lipinski definition) is 5. The van der Waals surface area contributed by atoms with Crippen LogP contribution in [0.25, 0.3) is 0 Å². The lowest BCUT2D eigenvalue weighted by Gasteiger charge is -2.12. The van der Waals surface area contributed by atoms with E-state index in [4.69, 9.17) is 16.0 Å². The van der Waals surface area contributed by atoms with Gasteiger partial charge in [-0.25, -0.2) is 4.79 Å². The minimum atomic E-state index is -0.997. The molecule has 0 fully saturated rings. The Bertz CT molecular complexity index is 677. The Kier molecular flexibility index (Phi) is 8.18. The molecule has 0 radical (unpaired) electrons. The second kappa shape index (κ2) is 10.4. The molecular formula is C18H23ClN2O3S. The van der Waals surface area contributed by atoms with Crippen molar-refractivity contribution in [3.05, 3.63) is 46.9 Å². The van der Waals surface area contributed by atoms with Gasteiger partial charge in [-0.3, -0.25) is 4.72 Å². The van der Waals surface area contributed by atoms with Crippen LogP contribution in [0.2, 0.25) is 5.02 Å². The van der Waals surface area contributed by atoms with E-state index in [1.165, 1.54) is 31.2 Å². The molecule has 0 atom stereocenters. The smallest absolute Gasteiger partial charge is 0.337 e. The van der Waals surface area contributed by atoms with Gasteiger partial charge in [-0.15, -0.1) is 0 Å². The highest BCUT2D eigenvalue weighted by molar-refractivity contribution is 7.97. The molecule has 5 nitrogen and oxygen atoms in total. The van der Waals surface area contributed by atoms with E-state index in [-0.39, 0.29) is 5.56 Å². The molecular weight excluding hydrogens is 360 g/mol. The van der Waals surface area contributed by atoms with Gasteiger partial charge in [0.25, 0.3) is 0 Å². The maximum atomic E-state index is 11.6. The van der Waals surface area contributed by atoms with Gasteiger partial charge in [-0.05, 0) is 42.6 Å². The molecule has 0 spiro atoms. The number of nitrogens with one attached hydrogen (secondary N) is 2. The molecule has 136 valence electrons. The van der Waals surface area contributed by atoms with E-state index >= 15 is 0 Å². The van der Waals surface area contributed by atoms with E-state index < -0.39 is 5.97 Å². The molecule has 2 rings (SSSR count). The molecule has 0 saturated carbocycles. The van der Waals surface area contributed by atoms with E-state index in [0.29, 0.717) is 22.2 Å². The van der Waals surface area contributed by atoms with Gasteiger partial charge < -0.3 is 14.8 Å². The van der Waals surface area contributed by atoms with Gasteiger partial charge in [0.2, 0.25) is 0 Å². The summed E-state index contributed by atoms with van der Waals surface area (Å²) in [5.74, 6) is -0.275. The normalized spacial score (nSPS) is 10.8. The SMILES string of the molecule is CCCCCCNSc1cc(C(=O)O)c(NCc2ccco2)cc1Cl. The summed E-state index contributed by atoms with van der Waals surface area (Å²) >= 11 is 7.68. The van der Waals surface area contributed by atoms with Gasteiger partial charge in [-0.1, -0.05) is 37.8 Å². The zero-order valence-electron chi connectivity index (χ0n) is 14.2. The van der Waals surface area contributed by atoms with E-state index in [1.54, 1.807) is 24.5 Å². The summed E-state index contributed by atoms with van der Waals surface area (Å²) in [6, 6.07) is 6.85. The largest absolute Gasteiger partial charge is 0.478 e. The van der Waals surface area contributed by atoms with E-state index in [9.17, 15) is 9.90 Å². The number of carbonyl (C=O) groups is 1. The first-order chi connectivity index (χ1) is 12.1. The van der Waals surface area contributed by atoms with Crippen LogP contribution < -0.4 is 10.0 Å². The summed E-state index contributed by atoms with van der Waals surface area (Å²) in [5, 5.41) is 13.0. The maximum Gasteiger partial charge on any atom is 0.337 e. The number of unbranched alkanes of at least 4 members (excludes halogenated alkanes) is 3. The Morgan fingerprint density at radius 3 is 2.84 bits per heavy atom. The quantitative estimate of drug-likeness (QED) is 0.356. The summed E-state index contributed by atoms with van der Waals surface area (Å²) in [6.45, 7) is 3.44. The Hall–Kier alpha value is -1.63.